The highest BCUT2D eigenvalue weighted by Gasteiger charge is 2.09. The zero-order valence-corrected chi connectivity index (χ0v) is 14.0. The topological polar surface area (TPSA) is 55.1 Å². The van der Waals surface area contributed by atoms with E-state index in [1.165, 1.54) is 4.90 Å². The summed E-state index contributed by atoms with van der Waals surface area (Å²) in [4.78, 5) is 13.2. The van der Waals surface area contributed by atoms with Crippen LogP contribution < -0.4 is 11.1 Å². The average molecular weight is 308 g/mol. The highest BCUT2D eigenvalue weighted by atomic mass is 32.2. The van der Waals surface area contributed by atoms with Gasteiger partial charge in [0.05, 0.1) is 6.04 Å². The molecule has 0 heterocycles. The van der Waals surface area contributed by atoms with Crippen molar-refractivity contribution in [2.24, 2.45) is 5.73 Å². The first-order valence-corrected chi connectivity index (χ1v) is 8.88. The molecule has 118 valence electrons. The summed E-state index contributed by atoms with van der Waals surface area (Å²) in [6.07, 6.45) is 4.82. The van der Waals surface area contributed by atoms with Crippen LogP contribution in [0.3, 0.4) is 0 Å². The van der Waals surface area contributed by atoms with Gasteiger partial charge in [0.2, 0.25) is 5.91 Å². The lowest BCUT2D eigenvalue weighted by molar-refractivity contribution is -0.121. The van der Waals surface area contributed by atoms with E-state index in [9.17, 15) is 4.79 Å². The molecule has 3 nitrogen and oxygen atoms in total. The maximum atomic E-state index is 11.9. The highest BCUT2D eigenvalue weighted by molar-refractivity contribution is 7.99. The molecule has 1 atom stereocenters. The summed E-state index contributed by atoms with van der Waals surface area (Å²) >= 11 is 1.83. The maximum Gasteiger partial charge on any atom is 0.220 e. The van der Waals surface area contributed by atoms with Gasteiger partial charge < -0.3 is 11.1 Å². The molecule has 1 aromatic rings. The van der Waals surface area contributed by atoms with Gasteiger partial charge in [0, 0.05) is 11.3 Å². The van der Waals surface area contributed by atoms with Crippen molar-refractivity contribution in [3.63, 3.8) is 0 Å². The fourth-order valence-corrected chi connectivity index (χ4v) is 2.86. The van der Waals surface area contributed by atoms with E-state index in [0.29, 0.717) is 6.42 Å². The Kier molecular flexibility index (Phi) is 9.19. The minimum absolute atomic E-state index is 0.0715. The van der Waals surface area contributed by atoms with Crippen LogP contribution in [0, 0.1) is 0 Å². The number of amides is 1. The third-order valence-corrected chi connectivity index (χ3v) is 4.32. The summed E-state index contributed by atoms with van der Waals surface area (Å²) in [7, 11) is 0. The minimum Gasteiger partial charge on any atom is -0.350 e. The first-order valence-electron chi connectivity index (χ1n) is 7.89. The van der Waals surface area contributed by atoms with Crippen molar-refractivity contribution in [2.45, 2.75) is 56.9 Å². The SMILES string of the molecule is CCSc1ccc(C(C)NC(=O)CCCCCCN)cc1. The largest absolute Gasteiger partial charge is 0.350 e. The number of nitrogens with two attached hydrogens (primary N) is 1. The van der Waals surface area contributed by atoms with Gasteiger partial charge in [-0.1, -0.05) is 31.9 Å². The van der Waals surface area contributed by atoms with Crippen molar-refractivity contribution in [1.29, 1.82) is 0 Å². The zero-order chi connectivity index (χ0) is 15.5. The number of benzene rings is 1. The number of carbonyl (C=O) groups is 1. The Morgan fingerprint density at radius 2 is 1.86 bits per heavy atom. The monoisotopic (exact) mass is 308 g/mol. The molecular formula is C17H28N2OS. The van der Waals surface area contributed by atoms with Crippen LogP contribution in [0.15, 0.2) is 29.2 Å². The third-order valence-electron chi connectivity index (χ3n) is 3.43. The van der Waals surface area contributed by atoms with Gasteiger partial charge in [-0.05, 0) is 49.8 Å². The Balaban J connectivity index is 2.31. The summed E-state index contributed by atoms with van der Waals surface area (Å²) in [5, 5.41) is 3.07. The van der Waals surface area contributed by atoms with E-state index in [1.807, 2.05) is 18.7 Å². The Morgan fingerprint density at radius 3 is 2.48 bits per heavy atom. The van der Waals surface area contributed by atoms with Crippen LogP contribution in [0.25, 0.3) is 0 Å². The van der Waals surface area contributed by atoms with Crippen LogP contribution >= 0.6 is 11.8 Å². The predicted octanol–water partition coefficient (Wildman–Crippen LogP) is 3.89. The van der Waals surface area contributed by atoms with Crippen molar-refractivity contribution in [3.05, 3.63) is 29.8 Å². The number of hydrogen-bond acceptors (Lipinski definition) is 3. The quantitative estimate of drug-likeness (QED) is 0.509. The Hall–Kier alpha value is -1.00. The molecule has 0 aromatic heterocycles. The van der Waals surface area contributed by atoms with Gasteiger partial charge >= 0.3 is 0 Å². The molecule has 0 saturated carbocycles. The van der Waals surface area contributed by atoms with Crippen LogP contribution in [0.5, 0.6) is 0 Å². The van der Waals surface area contributed by atoms with E-state index in [1.54, 1.807) is 0 Å². The lowest BCUT2D eigenvalue weighted by Gasteiger charge is -2.15. The molecule has 0 aliphatic carbocycles. The van der Waals surface area contributed by atoms with Gasteiger partial charge in [0.25, 0.3) is 0 Å². The third kappa shape index (κ3) is 7.53. The maximum absolute atomic E-state index is 11.9. The second-order valence-corrected chi connectivity index (χ2v) is 6.58. The van der Waals surface area contributed by atoms with Gasteiger partial charge in [-0.3, -0.25) is 4.79 Å². The number of rotatable bonds is 10. The first kappa shape index (κ1) is 18.1. The molecular weight excluding hydrogens is 280 g/mol. The minimum atomic E-state index is 0.0715. The summed E-state index contributed by atoms with van der Waals surface area (Å²) in [5.74, 6) is 1.22. The van der Waals surface area contributed by atoms with E-state index in [0.717, 1.165) is 43.5 Å². The van der Waals surface area contributed by atoms with E-state index >= 15 is 0 Å². The van der Waals surface area contributed by atoms with Gasteiger partial charge in [0.1, 0.15) is 0 Å². The van der Waals surface area contributed by atoms with Crippen molar-refractivity contribution < 1.29 is 4.79 Å². The van der Waals surface area contributed by atoms with E-state index in [-0.39, 0.29) is 11.9 Å². The van der Waals surface area contributed by atoms with Crippen molar-refractivity contribution >= 4 is 17.7 Å². The van der Waals surface area contributed by atoms with Gasteiger partial charge in [-0.2, -0.15) is 0 Å². The fraction of sp³-hybridized carbons (Fsp3) is 0.588. The number of nitrogens with one attached hydrogen (secondary N) is 1. The molecule has 1 aromatic carbocycles. The summed E-state index contributed by atoms with van der Waals surface area (Å²) in [6.45, 7) is 4.93. The van der Waals surface area contributed by atoms with Crippen molar-refractivity contribution in [3.8, 4) is 0 Å². The highest BCUT2D eigenvalue weighted by Crippen LogP contribution is 2.20. The van der Waals surface area contributed by atoms with Crippen LogP contribution in [-0.4, -0.2) is 18.2 Å². The second kappa shape index (κ2) is 10.7. The molecule has 0 radical (unpaired) electrons. The van der Waals surface area contributed by atoms with Crippen LogP contribution in [0.2, 0.25) is 0 Å². The number of thioether (sulfide) groups is 1. The van der Waals surface area contributed by atoms with Gasteiger partial charge in [0.15, 0.2) is 0 Å². The average Bonchev–Trinajstić information content (AvgIpc) is 2.48. The first-order chi connectivity index (χ1) is 10.2. The Labute approximate surface area is 133 Å². The number of carbonyl (C=O) groups excluding carboxylic acids is 1. The van der Waals surface area contributed by atoms with Crippen LogP contribution in [0.4, 0.5) is 0 Å². The summed E-state index contributed by atoms with van der Waals surface area (Å²) < 4.78 is 0. The van der Waals surface area contributed by atoms with Gasteiger partial charge in [-0.25, -0.2) is 0 Å². The molecule has 1 amide bonds. The molecule has 0 saturated heterocycles. The second-order valence-electron chi connectivity index (χ2n) is 5.24. The molecule has 0 aliphatic heterocycles. The Morgan fingerprint density at radius 1 is 1.19 bits per heavy atom. The van der Waals surface area contributed by atoms with E-state index in [2.05, 4.69) is 36.5 Å². The number of unbranched alkanes of at least 4 members (excludes halogenated alkanes) is 3. The summed E-state index contributed by atoms with van der Waals surface area (Å²) in [5.41, 5.74) is 6.61. The zero-order valence-electron chi connectivity index (χ0n) is 13.2. The van der Waals surface area contributed by atoms with E-state index in [4.69, 9.17) is 5.73 Å². The summed E-state index contributed by atoms with van der Waals surface area (Å²) in [6, 6.07) is 8.52. The predicted molar refractivity (Wildman–Crippen MR) is 91.5 cm³/mol. The number of hydrogen-bond donors (Lipinski definition) is 2. The smallest absolute Gasteiger partial charge is 0.220 e. The van der Waals surface area contributed by atoms with Crippen LogP contribution in [0.1, 0.15) is 57.6 Å². The molecule has 0 fully saturated rings. The Bertz CT molecular complexity index is 406. The normalized spacial score (nSPS) is 12.1. The molecule has 0 aliphatic rings. The van der Waals surface area contributed by atoms with Crippen molar-refractivity contribution in [1.82, 2.24) is 5.32 Å². The lowest BCUT2D eigenvalue weighted by Crippen LogP contribution is -2.26. The van der Waals surface area contributed by atoms with Gasteiger partial charge in [-0.15, -0.1) is 11.8 Å². The molecule has 0 spiro atoms. The molecule has 3 N–H and O–H groups in total. The lowest BCUT2D eigenvalue weighted by atomic mass is 10.1. The van der Waals surface area contributed by atoms with Crippen molar-refractivity contribution in [2.75, 3.05) is 12.3 Å². The van der Waals surface area contributed by atoms with E-state index < -0.39 is 0 Å². The standard InChI is InChI=1S/C17H28N2OS/c1-3-21-16-11-9-15(10-12-16)14(2)19-17(20)8-6-4-5-7-13-18/h9-12,14H,3-8,13,18H2,1-2H3,(H,19,20). The molecule has 0 bridgehead atoms. The molecule has 1 unspecified atom stereocenters. The fourth-order valence-electron chi connectivity index (χ4n) is 2.20. The molecule has 4 heteroatoms. The molecule has 1 rings (SSSR count). The molecule has 21 heavy (non-hydrogen) atoms. The van der Waals surface area contributed by atoms with Crippen LogP contribution in [-0.2, 0) is 4.79 Å².